The molecule has 2 aromatic rings. The number of rotatable bonds is 4. The zero-order valence-electron chi connectivity index (χ0n) is 11.7. The largest absolute Gasteiger partial charge is 0.395 e. The fourth-order valence-corrected chi connectivity index (χ4v) is 2.49. The van der Waals surface area contributed by atoms with Crippen molar-refractivity contribution in [1.82, 2.24) is 10.3 Å². The third-order valence-corrected chi connectivity index (χ3v) is 3.65. The Balaban J connectivity index is 1.93. The number of nitrogens with one attached hydrogen (secondary N) is 1. The Hall–Kier alpha value is -2.16. The van der Waals surface area contributed by atoms with Crippen molar-refractivity contribution in [3.63, 3.8) is 0 Å². The van der Waals surface area contributed by atoms with Crippen LogP contribution in [0, 0.1) is 18.8 Å². The van der Waals surface area contributed by atoms with Gasteiger partial charge in [0.25, 0.3) is 5.91 Å². The number of pyridine rings is 1. The van der Waals surface area contributed by atoms with Gasteiger partial charge in [-0.2, -0.15) is 0 Å². The van der Waals surface area contributed by atoms with E-state index in [9.17, 15) is 4.79 Å². The molecule has 0 atom stereocenters. The van der Waals surface area contributed by atoms with E-state index in [0.29, 0.717) is 17.8 Å². The average Bonchev–Trinajstić information content (AvgIpc) is 2.94. The summed E-state index contributed by atoms with van der Waals surface area (Å²) in [4.78, 5) is 17.8. The van der Waals surface area contributed by atoms with Gasteiger partial charge in [0.15, 0.2) is 0 Å². The van der Waals surface area contributed by atoms with Crippen molar-refractivity contribution >= 4 is 17.2 Å². The van der Waals surface area contributed by atoms with Crippen LogP contribution in [-0.4, -0.2) is 22.6 Å². The molecular weight excluding hydrogens is 284 g/mol. The highest BCUT2D eigenvalue weighted by atomic mass is 32.1. The summed E-state index contributed by atoms with van der Waals surface area (Å²) < 4.78 is 0. The van der Waals surface area contributed by atoms with Gasteiger partial charge in [0, 0.05) is 12.1 Å². The van der Waals surface area contributed by atoms with Crippen molar-refractivity contribution in [2.24, 2.45) is 0 Å². The van der Waals surface area contributed by atoms with Crippen molar-refractivity contribution in [3.8, 4) is 11.8 Å². The van der Waals surface area contributed by atoms with Crippen LogP contribution in [0.5, 0.6) is 0 Å². The molecule has 0 unspecified atom stereocenters. The lowest BCUT2D eigenvalue weighted by Gasteiger charge is -2.03. The van der Waals surface area contributed by atoms with Crippen molar-refractivity contribution < 1.29 is 9.90 Å². The minimum atomic E-state index is -0.126. The molecule has 4 nitrogen and oxygen atoms in total. The van der Waals surface area contributed by atoms with E-state index in [1.54, 1.807) is 6.07 Å². The summed E-state index contributed by atoms with van der Waals surface area (Å²) in [5, 5.41) is 11.5. The minimum absolute atomic E-state index is 0.0508. The van der Waals surface area contributed by atoms with E-state index < -0.39 is 0 Å². The van der Waals surface area contributed by atoms with Crippen LogP contribution in [-0.2, 0) is 6.54 Å². The lowest BCUT2D eigenvalue weighted by Crippen LogP contribution is -2.22. The molecule has 21 heavy (non-hydrogen) atoms. The van der Waals surface area contributed by atoms with E-state index in [4.69, 9.17) is 5.11 Å². The first-order valence-corrected chi connectivity index (χ1v) is 7.41. The normalized spacial score (nSPS) is 9.81. The van der Waals surface area contributed by atoms with E-state index in [2.05, 4.69) is 22.1 Å². The molecule has 0 bridgehead atoms. The fraction of sp³-hybridized carbons (Fsp3) is 0.250. The van der Waals surface area contributed by atoms with Crippen LogP contribution < -0.4 is 5.32 Å². The number of hydrogen-bond acceptors (Lipinski definition) is 4. The number of thiophene rings is 1. The monoisotopic (exact) mass is 300 g/mol. The molecule has 0 spiro atoms. The summed E-state index contributed by atoms with van der Waals surface area (Å²) in [6.07, 6.45) is 0.443. The van der Waals surface area contributed by atoms with Crippen molar-refractivity contribution in [2.45, 2.75) is 19.9 Å². The molecule has 108 valence electrons. The number of amides is 1. The number of nitrogens with zero attached hydrogens (tertiary/aromatic N) is 1. The average molecular weight is 300 g/mol. The Morgan fingerprint density at radius 3 is 3.00 bits per heavy atom. The zero-order chi connectivity index (χ0) is 15.1. The predicted molar refractivity (Wildman–Crippen MR) is 83.0 cm³/mol. The first-order valence-electron chi connectivity index (χ1n) is 6.59. The Bertz CT molecular complexity index is 683. The highest BCUT2D eigenvalue weighted by Crippen LogP contribution is 2.15. The second-order valence-electron chi connectivity index (χ2n) is 4.39. The van der Waals surface area contributed by atoms with Crippen LogP contribution in [0.2, 0.25) is 0 Å². The van der Waals surface area contributed by atoms with Gasteiger partial charge in [-0.1, -0.05) is 17.9 Å². The van der Waals surface area contributed by atoms with Gasteiger partial charge in [0.1, 0.15) is 0 Å². The van der Waals surface area contributed by atoms with Crippen LogP contribution in [0.3, 0.4) is 0 Å². The molecule has 5 heteroatoms. The quantitative estimate of drug-likeness (QED) is 0.850. The molecule has 2 N–H and O–H groups in total. The Morgan fingerprint density at radius 1 is 1.38 bits per heavy atom. The second-order valence-corrected chi connectivity index (χ2v) is 5.48. The Labute approximate surface area is 127 Å². The molecular formula is C16H16N2O2S. The topological polar surface area (TPSA) is 62.2 Å². The Kier molecular flexibility index (Phi) is 5.50. The molecule has 0 aliphatic rings. The lowest BCUT2D eigenvalue weighted by molar-refractivity contribution is 0.0954. The van der Waals surface area contributed by atoms with Gasteiger partial charge in [-0.05, 0) is 31.2 Å². The standard InChI is InChI=1S/C16H16N2O2S/c1-12-5-4-6-13(18-12)11-17-16(20)15-9-8-14(21-15)7-2-3-10-19/h4-6,8-9,19H,3,10-11H2,1H3,(H,17,20). The first-order chi connectivity index (χ1) is 10.2. The van der Waals surface area contributed by atoms with Gasteiger partial charge >= 0.3 is 0 Å². The molecule has 0 radical (unpaired) electrons. The molecule has 0 aliphatic heterocycles. The third-order valence-electron chi connectivity index (χ3n) is 2.65. The summed E-state index contributed by atoms with van der Waals surface area (Å²) in [5.74, 6) is 5.63. The predicted octanol–water partition coefficient (Wildman–Crippen LogP) is 2.12. The molecule has 0 aromatic carbocycles. The van der Waals surface area contributed by atoms with Gasteiger partial charge in [-0.3, -0.25) is 9.78 Å². The maximum atomic E-state index is 12.0. The zero-order valence-corrected chi connectivity index (χ0v) is 12.5. The highest BCUT2D eigenvalue weighted by molar-refractivity contribution is 7.14. The lowest BCUT2D eigenvalue weighted by atomic mass is 10.3. The number of carbonyl (C=O) groups is 1. The van der Waals surface area contributed by atoms with Crippen molar-refractivity contribution in [2.75, 3.05) is 6.61 Å². The number of hydrogen-bond donors (Lipinski definition) is 2. The van der Waals surface area contributed by atoms with Crippen LogP contribution >= 0.6 is 11.3 Å². The highest BCUT2D eigenvalue weighted by Gasteiger charge is 2.08. The summed E-state index contributed by atoms with van der Waals surface area (Å²) in [5.41, 5.74) is 1.77. The van der Waals surface area contributed by atoms with E-state index >= 15 is 0 Å². The fourth-order valence-electron chi connectivity index (χ4n) is 1.69. The van der Waals surface area contributed by atoms with Gasteiger partial charge in [-0.25, -0.2) is 0 Å². The van der Waals surface area contributed by atoms with Crippen LogP contribution in [0.4, 0.5) is 0 Å². The van der Waals surface area contributed by atoms with Gasteiger partial charge in [-0.15, -0.1) is 11.3 Å². The van der Waals surface area contributed by atoms with E-state index in [1.807, 2.05) is 31.2 Å². The van der Waals surface area contributed by atoms with Gasteiger partial charge < -0.3 is 10.4 Å². The van der Waals surface area contributed by atoms with Crippen LogP contribution in [0.15, 0.2) is 30.3 Å². The summed E-state index contributed by atoms with van der Waals surface area (Å²) in [6, 6.07) is 9.29. The van der Waals surface area contributed by atoms with E-state index in [-0.39, 0.29) is 12.5 Å². The second kappa shape index (κ2) is 7.58. The van der Waals surface area contributed by atoms with Crippen molar-refractivity contribution in [1.29, 1.82) is 0 Å². The molecule has 1 amide bonds. The molecule has 0 fully saturated rings. The number of aliphatic hydroxyl groups excluding tert-OH is 1. The number of aryl methyl sites for hydroxylation is 1. The maximum absolute atomic E-state index is 12.0. The third kappa shape index (κ3) is 4.71. The van der Waals surface area contributed by atoms with Crippen LogP contribution in [0.1, 0.15) is 32.4 Å². The molecule has 2 rings (SSSR count). The van der Waals surface area contributed by atoms with Crippen LogP contribution in [0.25, 0.3) is 0 Å². The SMILES string of the molecule is Cc1cccc(CNC(=O)c2ccc(C#CCCO)s2)n1. The summed E-state index contributed by atoms with van der Waals surface area (Å²) in [6.45, 7) is 2.38. The number of aliphatic hydroxyl groups is 1. The number of aromatic nitrogens is 1. The van der Waals surface area contributed by atoms with E-state index in [0.717, 1.165) is 16.3 Å². The molecule has 2 heterocycles. The molecule has 0 aliphatic carbocycles. The van der Waals surface area contributed by atoms with E-state index in [1.165, 1.54) is 11.3 Å². The molecule has 2 aromatic heterocycles. The first kappa shape index (κ1) is 15.2. The summed E-state index contributed by atoms with van der Waals surface area (Å²) >= 11 is 1.34. The minimum Gasteiger partial charge on any atom is -0.395 e. The smallest absolute Gasteiger partial charge is 0.261 e. The Morgan fingerprint density at radius 2 is 2.24 bits per heavy atom. The van der Waals surface area contributed by atoms with Gasteiger partial charge in [0.2, 0.25) is 0 Å². The molecule has 0 saturated carbocycles. The van der Waals surface area contributed by atoms with Gasteiger partial charge in [0.05, 0.1) is 28.6 Å². The molecule has 0 saturated heterocycles. The maximum Gasteiger partial charge on any atom is 0.261 e. The van der Waals surface area contributed by atoms with Crippen molar-refractivity contribution in [3.05, 3.63) is 51.5 Å². The summed E-state index contributed by atoms with van der Waals surface area (Å²) in [7, 11) is 0. The number of carbonyl (C=O) groups excluding carboxylic acids is 1.